The smallest absolute Gasteiger partial charge is 0.240 e. The lowest BCUT2D eigenvalue weighted by atomic mass is 10.00. The van der Waals surface area contributed by atoms with Crippen LogP contribution in [0.5, 0.6) is 0 Å². The molecule has 136 valence electrons. The van der Waals surface area contributed by atoms with Gasteiger partial charge in [-0.05, 0) is 28.8 Å². The van der Waals surface area contributed by atoms with E-state index < -0.39 is 0 Å². The maximum Gasteiger partial charge on any atom is 0.240 e. The number of rotatable bonds is 7. The molecule has 1 unspecified atom stereocenters. The summed E-state index contributed by atoms with van der Waals surface area (Å²) in [6.07, 6.45) is 3.64. The molecule has 0 aliphatic carbocycles. The van der Waals surface area contributed by atoms with E-state index in [0.29, 0.717) is 0 Å². The maximum atomic E-state index is 12.4. The topological polar surface area (TPSA) is 71.1 Å². The molecule has 0 radical (unpaired) electrons. The third-order valence-electron chi connectivity index (χ3n) is 4.13. The van der Waals surface area contributed by atoms with Crippen molar-refractivity contribution in [2.24, 2.45) is 0 Å². The fourth-order valence-electron chi connectivity index (χ4n) is 2.80. The fourth-order valence-corrected chi connectivity index (χ4v) is 2.80. The Balaban J connectivity index is 1.60. The summed E-state index contributed by atoms with van der Waals surface area (Å²) in [5, 5.41) is 5.66. The molecule has 5 heteroatoms. The zero-order valence-electron chi connectivity index (χ0n) is 14.8. The highest BCUT2D eigenvalue weighted by atomic mass is 16.2. The predicted octanol–water partition coefficient (Wildman–Crippen LogP) is 2.65. The zero-order chi connectivity index (χ0) is 18.9. The maximum absolute atomic E-state index is 12.4. The molecule has 2 N–H and O–H groups in total. The lowest BCUT2D eigenvalue weighted by molar-refractivity contribution is -0.126. The number of aromatic nitrogens is 1. The van der Waals surface area contributed by atoms with Crippen LogP contribution in [0.2, 0.25) is 0 Å². The second-order valence-electron chi connectivity index (χ2n) is 6.13. The van der Waals surface area contributed by atoms with Gasteiger partial charge in [-0.1, -0.05) is 60.7 Å². The lowest BCUT2D eigenvalue weighted by Crippen LogP contribution is -2.39. The average molecular weight is 359 g/mol. The quantitative estimate of drug-likeness (QED) is 0.681. The van der Waals surface area contributed by atoms with E-state index in [4.69, 9.17) is 0 Å². The first-order valence-corrected chi connectivity index (χ1v) is 8.77. The molecule has 5 nitrogen and oxygen atoms in total. The van der Waals surface area contributed by atoms with Gasteiger partial charge in [0.25, 0.3) is 0 Å². The zero-order valence-corrected chi connectivity index (χ0v) is 14.8. The minimum Gasteiger partial charge on any atom is -0.347 e. The normalized spacial score (nSPS) is 11.4. The van der Waals surface area contributed by atoms with Crippen molar-refractivity contribution in [3.8, 4) is 0 Å². The first kappa shape index (κ1) is 18.3. The van der Waals surface area contributed by atoms with E-state index in [0.717, 1.165) is 16.7 Å². The summed E-state index contributed by atoms with van der Waals surface area (Å²) in [6, 6.07) is 22.6. The van der Waals surface area contributed by atoms with Crippen LogP contribution in [0.15, 0.2) is 85.2 Å². The highest BCUT2D eigenvalue weighted by Crippen LogP contribution is 2.21. The Morgan fingerprint density at radius 3 is 2.04 bits per heavy atom. The number of carbonyl (C=O) groups excluding carboxylic acids is 2. The molecule has 27 heavy (non-hydrogen) atoms. The van der Waals surface area contributed by atoms with E-state index in [2.05, 4.69) is 15.6 Å². The van der Waals surface area contributed by atoms with Gasteiger partial charge in [0.15, 0.2) is 0 Å². The van der Waals surface area contributed by atoms with E-state index in [9.17, 15) is 9.59 Å². The Morgan fingerprint density at radius 2 is 1.37 bits per heavy atom. The Kier molecular flexibility index (Phi) is 6.30. The number of nitrogens with one attached hydrogen (secondary N) is 2. The molecule has 0 fully saturated rings. The van der Waals surface area contributed by atoms with Crippen molar-refractivity contribution in [3.05, 3.63) is 102 Å². The van der Waals surface area contributed by atoms with Crippen LogP contribution >= 0.6 is 0 Å². The van der Waals surface area contributed by atoms with Gasteiger partial charge in [0.1, 0.15) is 0 Å². The molecule has 2 aromatic carbocycles. The van der Waals surface area contributed by atoms with Gasteiger partial charge in [-0.15, -0.1) is 0 Å². The van der Waals surface area contributed by atoms with E-state index in [1.807, 2.05) is 72.8 Å². The molecule has 0 spiro atoms. The summed E-state index contributed by atoms with van der Waals surface area (Å²) in [4.78, 5) is 28.5. The van der Waals surface area contributed by atoms with Crippen molar-refractivity contribution < 1.29 is 9.59 Å². The minimum atomic E-state index is -0.298. The number of hydrogen-bond acceptors (Lipinski definition) is 3. The van der Waals surface area contributed by atoms with Crippen molar-refractivity contribution in [2.75, 3.05) is 6.54 Å². The first-order valence-electron chi connectivity index (χ1n) is 8.77. The molecular formula is C22H21N3O2. The van der Waals surface area contributed by atoms with Crippen molar-refractivity contribution >= 4 is 11.8 Å². The van der Waals surface area contributed by atoms with E-state index >= 15 is 0 Å². The van der Waals surface area contributed by atoms with Gasteiger partial charge in [-0.25, -0.2) is 0 Å². The summed E-state index contributed by atoms with van der Waals surface area (Å²) < 4.78 is 0. The summed E-state index contributed by atoms with van der Waals surface area (Å²) in [6.45, 7) is -0.0694. The molecule has 3 rings (SSSR count). The highest BCUT2D eigenvalue weighted by Gasteiger charge is 2.17. The summed E-state index contributed by atoms with van der Waals surface area (Å²) in [5.41, 5.74) is 2.81. The molecule has 2 amide bonds. The second-order valence-corrected chi connectivity index (χ2v) is 6.13. The molecular weight excluding hydrogens is 338 g/mol. The molecule has 0 aliphatic rings. The highest BCUT2D eigenvalue weighted by molar-refractivity contribution is 5.86. The van der Waals surface area contributed by atoms with Crippen LogP contribution in [0.25, 0.3) is 0 Å². The second kappa shape index (κ2) is 9.29. The number of benzene rings is 2. The molecule has 1 aromatic heterocycles. The number of amides is 2. The Hall–Kier alpha value is -3.47. The standard InChI is InChI=1S/C22H21N3O2/c26-20(15-17-7-3-1-4-8-17)24-16-21(27)25-22(18-9-5-2-6-10-18)19-11-13-23-14-12-19/h1-14,22H,15-16H2,(H,24,26)(H,25,27). The van der Waals surface area contributed by atoms with Gasteiger partial charge in [-0.3, -0.25) is 14.6 Å². The molecule has 0 aliphatic heterocycles. The van der Waals surface area contributed by atoms with Gasteiger partial charge in [0.2, 0.25) is 11.8 Å². The molecule has 1 heterocycles. The molecule has 3 aromatic rings. The third-order valence-corrected chi connectivity index (χ3v) is 4.13. The molecule has 0 saturated heterocycles. The minimum absolute atomic E-state index is 0.0694. The van der Waals surface area contributed by atoms with Gasteiger partial charge in [-0.2, -0.15) is 0 Å². The molecule has 1 atom stereocenters. The van der Waals surface area contributed by atoms with Gasteiger partial charge < -0.3 is 10.6 Å². The Bertz CT molecular complexity index is 828. The van der Waals surface area contributed by atoms with Crippen LogP contribution < -0.4 is 10.6 Å². The largest absolute Gasteiger partial charge is 0.347 e. The fraction of sp³-hybridized carbons (Fsp3) is 0.136. The third kappa shape index (κ3) is 5.51. The number of carbonyl (C=O) groups is 2. The Labute approximate surface area is 158 Å². The number of hydrogen-bond donors (Lipinski definition) is 2. The van der Waals surface area contributed by atoms with Crippen molar-refractivity contribution in [2.45, 2.75) is 12.5 Å². The molecule has 0 saturated carbocycles. The summed E-state index contributed by atoms with van der Waals surface area (Å²) in [5.74, 6) is -0.432. The summed E-state index contributed by atoms with van der Waals surface area (Å²) in [7, 11) is 0. The van der Waals surface area contributed by atoms with Crippen molar-refractivity contribution in [1.82, 2.24) is 15.6 Å². The number of pyridine rings is 1. The van der Waals surface area contributed by atoms with E-state index in [1.165, 1.54) is 0 Å². The van der Waals surface area contributed by atoms with Gasteiger partial charge in [0, 0.05) is 12.4 Å². The van der Waals surface area contributed by atoms with Gasteiger partial charge >= 0.3 is 0 Å². The Morgan fingerprint density at radius 1 is 0.778 bits per heavy atom. The van der Waals surface area contributed by atoms with Crippen molar-refractivity contribution in [1.29, 1.82) is 0 Å². The summed E-state index contributed by atoms with van der Waals surface area (Å²) >= 11 is 0. The van der Waals surface area contributed by atoms with Crippen LogP contribution in [-0.2, 0) is 16.0 Å². The van der Waals surface area contributed by atoms with Crippen molar-refractivity contribution in [3.63, 3.8) is 0 Å². The van der Waals surface area contributed by atoms with Crippen LogP contribution in [-0.4, -0.2) is 23.3 Å². The van der Waals surface area contributed by atoms with E-state index in [-0.39, 0.29) is 30.8 Å². The first-order chi connectivity index (χ1) is 13.2. The SMILES string of the molecule is O=C(Cc1ccccc1)NCC(=O)NC(c1ccccc1)c1ccncc1. The predicted molar refractivity (Wildman–Crippen MR) is 104 cm³/mol. The molecule has 0 bridgehead atoms. The van der Waals surface area contributed by atoms with Crippen LogP contribution in [0.1, 0.15) is 22.7 Å². The van der Waals surface area contributed by atoms with Crippen LogP contribution in [0.4, 0.5) is 0 Å². The lowest BCUT2D eigenvalue weighted by Gasteiger charge is -2.20. The average Bonchev–Trinajstić information content (AvgIpc) is 2.72. The van der Waals surface area contributed by atoms with Crippen LogP contribution in [0, 0.1) is 0 Å². The van der Waals surface area contributed by atoms with Crippen LogP contribution in [0.3, 0.4) is 0 Å². The van der Waals surface area contributed by atoms with Gasteiger partial charge in [0.05, 0.1) is 19.0 Å². The monoisotopic (exact) mass is 359 g/mol. The van der Waals surface area contributed by atoms with E-state index in [1.54, 1.807) is 12.4 Å². The number of nitrogens with zero attached hydrogens (tertiary/aromatic N) is 1.